The number of unbranched alkanes of at least 4 members (excludes halogenated alkanes) is 1. The van der Waals surface area contributed by atoms with Crippen LogP contribution in [0, 0.1) is 5.92 Å². The van der Waals surface area contributed by atoms with Crippen molar-refractivity contribution >= 4 is 16.5 Å². The van der Waals surface area contributed by atoms with Crippen molar-refractivity contribution in [2.24, 2.45) is 11.7 Å². The lowest BCUT2D eigenvalue weighted by Gasteiger charge is -2.39. The van der Waals surface area contributed by atoms with Crippen LogP contribution in [0.25, 0.3) is 10.8 Å². The lowest BCUT2D eigenvalue weighted by atomic mass is 9.88. The molecule has 3 rings (SSSR count). The SMILES string of the molecule is CCCC[C@@H]1CN(c2cccc3ccccc23)CC[C@@H]1N. The predicted molar refractivity (Wildman–Crippen MR) is 91.8 cm³/mol. The molecule has 2 N–H and O–H groups in total. The van der Waals surface area contributed by atoms with Crippen LogP contribution in [0.5, 0.6) is 0 Å². The standard InChI is InChI=1S/C19H26N2/c1-2-3-7-16-14-21(13-12-18(16)20)19-11-6-9-15-8-4-5-10-17(15)19/h4-6,8-11,16,18H,2-3,7,12-14,20H2,1H3/t16-,18+/m1/s1. The first-order chi connectivity index (χ1) is 10.3. The van der Waals surface area contributed by atoms with Crippen molar-refractivity contribution < 1.29 is 0 Å². The molecular formula is C19H26N2. The molecule has 1 aliphatic rings. The molecule has 0 bridgehead atoms. The summed E-state index contributed by atoms with van der Waals surface area (Å²) >= 11 is 0. The lowest BCUT2D eigenvalue weighted by molar-refractivity contribution is 0.330. The number of nitrogens with two attached hydrogens (primary N) is 1. The Balaban J connectivity index is 1.85. The molecule has 0 aromatic heterocycles. The molecule has 0 saturated carbocycles. The molecular weight excluding hydrogens is 256 g/mol. The number of rotatable bonds is 4. The Morgan fingerprint density at radius 2 is 1.95 bits per heavy atom. The summed E-state index contributed by atoms with van der Waals surface area (Å²) in [6.45, 7) is 4.45. The maximum Gasteiger partial charge on any atom is 0.0446 e. The zero-order valence-corrected chi connectivity index (χ0v) is 13.0. The normalized spacial score (nSPS) is 22.7. The summed E-state index contributed by atoms with van der Waals surface area (Å²) in [7, 11) is 0. The molecule has 2 heteroatoms. The molecule has 1 fully saturated rings. The van der Waals surface area contributed by atoms with Gasteiger partial charge < -0.3 is 10.6 Å². The zero-order chi connectivity index (χ0) is 14.7. The molecule has 2 atom stereocenters. The van der Waals surface area contributed by atoms with Gasteiger partial charge in [0.1, 0.15) is 0 Å². The molecule has 0 radical (unpaired) electrons. The lowest BCUT2D eigenvalue weighted by Crippen LogP contribution is -2.47. The number of fused-ring (bicyclic) bond motifs is 1. The van der Waals surface area contributed by atoms with Gasteiger partial charge in [0.2, 0.25) is 0 Å². The van der Waals surface area contributed by atoms with Crippen LogP contribution < -0.4 is 10.6 Å². The Kier molecular flexibility index (Phi) is 4.45. The smallest absolute Gasteiger partial charge is 0.0446 e. The van der Waals surface area contributed by atoms with Gasteiger partial charge in [-0.3, -0.25) is 0 Å². The molecule has 1 aliphatic heterocycles. The highest BCUT2D eigenvalue weighted by Crippen LogP contribution is 2.31. The van der Waals surface area contributed by atoms with Crippen LogP contribution in [0.4, 0.5) is 5.69 Å². The fraction of sp³-hybridized carbons (Fsp3) is 0.474. The van der Waals surface area contributed by atoms with E-state index >= 15 is 0 Å². The van der Waals surface area contributed by atoms with Gasteiger partial charge >= 0.3 is 0 Å². The highest BCUT2D eigenvalue weighted by Gasteiger charge is 2.26. The summed E-state index contributed by atoms with van der Waals surface area (Å²) in [5, 5.41) is 2.69. The van der Waals surface area contributed by atoms with Crippen molar-refractivity contribution in [3.8, 4) is 0 Å². The van der Waals surface area contributed by atoms with Crippen LogP contribution in [0.15, 0.2) is 42.5 Å². The Labute approximate surface area is 127 Å². The third-order valence-electron chi connectivity index (χ3n) is 4.83. The molecule has 1 saturated heterocycles. The van der Waals surface area contributed by atoms with E-state index in [1.807, 2.05) is 0 Å². The third-order valence-corrected chi connectivity index (χ3v) is 4.83. The molecule has 2 aromatic carbocycles. The minimum atomic E-state index is 0.378. The molecule has 1 heterocycles. The van der Waals surface area contributed by atoms with Gasteiger partial charge in [-0.25, -0.2) is 0 Å². The van der Waals surface area contributed by atoms with E-state index in [-0.39, 0.29) is 0 Å². The Bertz CT molecular complexity index is 588. The van der Waals surface area contributed by atoms with Gasteiger partial charge in [0, 0.05) is 30.2 Å². The monoisotopic (exact) mass is 282 g/mol. The summed E-state index contributed by atoms with van der Waals surface area (Å²) in [6.07, 6.45) is 4.93. The van der Waals surface area contributed by atoms with Gasteiger partial charge in [0.15, 0.2) is 0 Å². The zero-order valence-electron chi connectivity index (χ0n) is 13.0. The van der Waals surface area contributed by atoms with Gasteiger partial charge in [-0.2, -0.15) is 0 Å². The second kappa shape index (κ2) is 6.48. The number of hydrogen-bond donors (Lipinski definition) is 1. The molecule has 21 heavy (non-hydrogen) atoms. The largest absolute Gasteiger partial charge is 0.371 e. The van der Waals surface area contributed by atoms with Gasteiger partial charge in [-0.05, 0) is 30.2 Å². The van der Waals surface area contributed by atoms with Crippen molar-refractivity contribution in [1.82, 2.24) is 0 Å². The maximum atomic E-state index is 6.35. The summed E-state index contributed by atoms with van der Waals surface area (Å²) in [4.78, 5) is 2.55. The summed E-state index contributed by atoms with van der Waals surface area (Å²) in [6, 6.07) is 15.7. The number of benzene rings is 2. The Morgan fingerprint density at radius 1 is 1.14 bits per heavy atom. The van der Waals surface area contributed by atoms with Crippen molar-refractivity contribution in [1.29, 1.82) is 0 Å². The second-order valence-electron chi connectivity index (χ2n) is 6.30. The van der Waals surface area contributed by atoms with Crippen molar-refractivity contribution in [3.05, 3.63) is 42.5 Å². The average Bonchev–Trinajstić information content (AvgIpc) is 2.54. The first kappa shape index (κ1) is 14.4. The van der Waals surface area contributed by atoms with Crippen molar-refractivity contribution in [2.75, 3.05) is 18.0 Å². The minimum absolute atomic E-state index is 0.378. The molecule has 0 unspecified atom stereocenters. The van der Waals surface area contributed by atoms with Crippen molar-refractivity contribution in [3.63, 3.8) is 0 Å². The van der Waals surface area contributed by atoms with E-state index in [4.69, 9.17) is 5.73 Å². The fourth-order valence-electron chi connectivity index (χ4n) is 3.52. The summed E-state index contributed by atoms with van der Waals surface area (Å²) in [5.41, 5.74) is 7.72. The molecule has 112 valence electrons. The van der Waals surface area contributed by atoms with Gasteiger partial charge in [-0.15, -0.1) is 0 Å². The van der Waals surface area contributed by atoms with Gasteiger partial charge in [-0.1, -0.05) is 56.2 Å². The van der Waals surface area contributed by atoms with Crippen LogP contribution in [-0.4, -0.2) is 19.1 Å². The van der Waals surface area contributed by atoms with E-state index < -0.39 is 0 Å². The van der Waals surface area contributed by atoms with E-state index in [1.165, 1.54) is 35.7 Å². The highest BCUT2D eigenvalue weighted by molar-refractivity contribution is 5.94. The number of anilines is 1. The molecule has 0 aliphatic carbocycles. The van der Waals surface area contributed by atoms with Crippen LogP contribution in [0.2, 0.25) is 0 Å². The van der Waals surface area contributed by atoms with Gasteiger partial charge in [0.25, 0.3) is 0 Å². The summed E-state index contributed by atoms with van der Waals surface area (Å²) < 4.78 is 0. The van der Waals surface area contributed by atoms with E-state index in [9.17, 15) is 0 Å². The molecule has 2 nitrogen and oxygen atoms in total. The average molecular weight is 282 g/mol. The molecule has 2 aromatic rings. The quantitative estimate of drug-likeness (QED) is 0.911. The molecule has 0 spiro atoms. The fourth-order valence-corrected chi connectivity index (χ4v) is 3.52. The maximum absolute atomic E-state index is 6.35. The number of piperidine rings is 1. The van der Waals surface area contributed by atoms with E-state index in [1.54, 1.807) is 0 Å². The van der Waals surface area contributed by atoms with E-state index in [0.717, 1.165) is 19.5 Å². The third kappa shape index (κ3) is 3.06. The topological polar surface area (TPSA) is 29.3 Å². The number of nitrogens with zero attached hydrogens (tertiary/aromatic N) is 1. The Hall–Kier alpha value is -1.54. The van der Waals surface area contributed by atoms with Crippen LogP contribution in [0.3, 0.4) is 0 Å². The van der Waals surface area contributed by atoms with Crippen LogP contribution in [0.1, 0.15) is 32.6 Å². The van der Waals surface area contributed by atoms with E-state index in [0.29, 0.717) is 12.0 Å². The number of hydrogen-bond acceptors (Lipinski definition) is 2. The van der Waals surface area contributed by atoms with Gasteiger partial charge in [0.05, 0.1) is 0 Å². The summed E-state index contributed by atoms with van der Waals surface area (Å²) in [5.74, 6) is 0.637. The Morgan fingerprint density at radius 3 is 2.81 bits per heavy atom. The molecule has 0 amide bonds. The minimum Gasteiger partial charge on any atom is -0.371 e. The first-order valence-corrected chi connectivity index (χ1v) is 8.28. The van der Waals surface area contributed by atoms with Crippen LogP contribution >= 0.6 is 0 Å². The van der Waals surface area contributed by atoms with Crippen LogP contribution in [-0.2, 0) is 0 Å². The van der Waals surface area contributed by atoms with E-state index in [2.05, 4.69) is 54.3 Å². The highest BCUT2D eigenvalue weighted by atomic mass is 15.1. The second-order valence-corrected chi connectivity index (χ2v) is 6.30. The first-order valence-electron chi connectivity index (χ1n) is 8.28. The predicted octanol–water partition coefficient (Wildman–Crippen LogP) is 4.18. The van der Waals surface area contributed by atoms with Crippen molar-refractivity contribution in [2.45, 2.75) is 38.6 Å².